The predicted molar refractivity (Wildman–Crippen MR) is 179 cm³/mol. The molecular weight excluding hydrogens is 763 g/mol. The number of para-hydroxylation sites is 2. The third-order valence-corrected chi connectivity index (χ3v) is 13.0. The first kappa shape index (κ1) is 37.2. The molecule has 0 unspecified atom stereocenters. The summed E-state index contributed by atoms with van der Waals surface area (Å²) in [6.07, 6.45) is 14.1. The van der Waals surface area contributed by atoms with Crippen molar-refractivity contribution in [3.63, 3.8) is 0 Å². The van der Waals surface area contributed by atoms with Crippen LogP contribution in [0, 0.1) is 0 Å². The number of alkyl halides is 3. The molecule has 7 nitrogen and oxygen atoms in total. The molecule has 1 aromatic heterocycles. The van der Waals surface area contributed by atoms with Crippen LogP contribution in [0.25, 0.3) is 15.9 Å². The number of allylic oxidation sites excluding steroid dienone is 3. The van der Waals surface area contributed by atoms with Crippen LogP contribution in [0.15, 0.2) is 76.1 Å². The molecule has 0 N–H and O–H groups in total. The smallest absolute Gasteiger partial charge is 0.485 e. The van der Waals surface area contributed by atoms with Crippen LogP contribution in [0.5, 0.6) is 0 Å². The van der Waals surface area contributed by atoms with Crippen molar-refractivity contribution in [2.24, 2.45) is 0 Å². The SMILES string of the molecule is CCCCCCN1/C(=C\C2=C(OC)C(=C\c3[se]c4ccccc4[n+]3CCCCCC)/C2=O)[Se]c2ccccc21.O=S(=O)([O-])C(F)(F)F. The first-order valence-electron chi connectivity index (χ1n) is 15.7. The Bertz CT molecular complexity index is 1780. The topological polar surface area (TPSA) is 90.6 Å². The van der Waals surface area contributed by atoms with E-state index in [0.717, 1.165) is 30.0 Å². The van der Waals surface area contributed by atoms with Crippen LogP contribution in [0.2, 0.25) is 0 Å². The number of rotatable bonds is 13. The average Bonchev–Trinajstić information content (AvgIpc) is 3.57. The fourth-order valence-electron chi connectivity index (χ4n) is 5.34. The molecule has 1 aliphatic carbocycles. The molecule has 0 fully saturated rings. The molecule has 0 atom stereocenters. The predicted octanol–water partition coefficient (Wildman–Crippen LogP) is 5.95. The quantitative estimate of drug-likeness (QED) is 0.0530. The maximum atomic E-state index is 13.6. The third kappa shape index (κ3) is 9.08. The van der Waals surface area contributed by atoms with E-state index in [9.17, 15) is 18.0 Å². The van der Waals surface area contributed by atoms with Crippen molar-refractivity contribution in [2.75, 3.05) is 18.6 Å². The van der Waals surface area contributed by atoms with E-state index in [2.05, 4.69) is 84.0 Å². The normalized spacial score (nSPS) is 16.5. The molecule has 0 radical (unpaired) electrons. The van der Waals surface area contributed by atoms with E-state index < -0.39 is 15.6 Å². The Labute approximate surface area is 286 Å². The molecular formula is C34H39F3N2O5SSe2. The summed E-state index contributed by atoms with van der Waals surface area (Å²) in [6.45, 7) is 6.51. The van der Waals surface area contributed by atoms with Crippen molar-refractivity contribution < 1.29 is 40.2 Å². The maximum Gasteiger partial charge on any atom is 0.485 e. The summed E-state index contributed by atoms with van der Waals surface area (Å²) >= 11 is 0.375. The van der Waals surface area contributed by atoms with Crippen molar-refractivity contribution >= 4 is 71.4 Å². The molecule has 0 saturated carbocycles. The number of aromatic nitrogens is 1. The number of ketones is 1. The molecule has 1 aliphatic heterocycles. The van der Waals surface area contributed by atoms with Gasteiger partial charge in [-0.1, -0.05) is 0 Å². The summed E-state index contributed by atoms with van der Waals surface area (Å²) in [4.78, 5) is 16.0. The van der Waals surface area contributed by atoms with Crippen molar-refractivity contribution in [1.82, 2.24) is 0 Å². The zero-order valence-corrected chi connectivity index (χ0v) is 30.9. The van der Waals surface area contributed by atoms with Gasteiger partial charge in [-0.2, -0.15) is 13.2 Å². The number of carbonyl (C=O) groups excluding carboxylic acids is 1. The summed E-state index contributed by atoms with van der Waals surface area (Å²) in [6, 6.07) is 17.4. The minimum Gasteiger partial charge on any atom is -0.741 e. The van der Waals surface area contributed by atoms with E-state index in [1.165, 1.54) is 80.5 Å². The number of methoxy groups -OCH3 is 1. The number of anilines is 1. The first-order chi connectivity index (χ1) is 22.4. The molecule has 0 amide bonds. The second-order valence-corrected chi connectivity index (χ2v) is 16.9. The molecule has 0 bridgehead atoms. The molecule has 3 aromatic rings. The third-order valence-electron chi connectivity index (χ3n) is 7.75. The van der Waals surface area contributed by atoms with Crippen LogP contribution in [0.3, 0.4) is 0 Å². The van der Waals surface area contributed by atoms with Gasteiger partial charge in [-0.25, -0.2) is 8.42 Å². The minimum absolute atomic E-state index is 0.113. The largest absolute Gasteiger partial charge is 0.741 e. The molecule has 0 spiro atoms. The molecule has 2 aliphatic rings. The van der Waals surface area contributed by atoms with Crippen molar-refractivity contribution in [3.8, 4) is 0 Å². The van der Waals surface area contributed by atoms with Gasteiger partial charge in [-0.05, 0) is 0 Å². The number of halogens is 3. The van der Waals surface area contributed by atoms with E-state index in [0.29, 0.717) is 0 Å². The van der Waals surface area contributed by atoms with Crippen LogP contribution >= 0.6 is 0 Å². The van der Waals surface area contributed by atoms with Crippen LogP contribution in [-0.2, 0) is 26.2 Å². The molecule has 254 valence electrons. The van der Waals surface area contributed by atoms with Crippen LogP contribution < -0.4 is 13.9 Å². The van der Waals surface area contributed by atoms with E-state index >= 15 is 0 Å². The number of Topliss-reactive ketones (excluding diaryl/α,β-unsaturated/α-hetero) is 1. The second-order valence-electron chi connectivity index (χ2n) is 11.1. The van der Waals surface area contributed by atoms with Crippen molar-refractivity contribution in [1.29, 1.82) is 0 Å². The number of aryl methyl sites for hydroxylation is 1. The molecule has 2 heterocycles. The Morgan fingerprint density at radius 1 is 0.936 bits per heavy atom. The van der Waals surface area contributed by atoms with Gasteiger partial charge in [-0.3, -0.25) is 0 Å². The van der Waals surface area contributed by atoms with Crippen molar-refractivity contribution in [2.45, 2.75) is 77.3 Å². The summed E-state index contributed by atoms with van der Waals surface area (Å²) < 4.78 is 72.5. The fourth-order valence-corrected chi connectivity index (χ4v) is 10.1. The monoisotopic (exact) mass is 804 g/mol. The van der Waals surface area contributed by atoms with E-state index in [4.69, 9.17) is 17.7 Å². The van der Waals surface area contributed by atoms with Crippen LogP contribution in [-0.4, -0.2) is 67.4 Å². The van der Waals surface area contributed by atoms with Crippen LogP contribution in [0.1, 0.15) is 69.8 Å². The number of hydrogen-bond donors (Lipinski definition) is 0. The number of nitrogens with zero attached hydrogens (tertiary/aromatic N) is 2. The van der Waals surface area contributed by atoms with Gasteiger partial charge in [0.1, 0.15) is 0 Å². The van der Waals surface area contributed by atoms with Gasteiger partial charge in [-0.15, -0.1) is 0 Å². The number of carbonyl (C=O) groups is 1. The molecule has 47 heavy (non-hydrogen) atoms. The average molecular weight is 803 g/mol. The van der Waals surface area contributed by atoms with Crippen molar-refractivity contribution in [3.05, 3.63) is 80.7 Å². The number of benzene rings is 2. The Hall–Kier alpha value is -2.66. The Balaban J connectivity index is 0.000000555. The van der Waals surface area contributed by atoms with Gasteiger partial charge >= 0.3 is 252 Å². The van der Waals surface area contributed by atoms with Gasteiger partial charge in [0, 0.05) is 0 Å². The number of fused-ring (bicyclic) bond motifs is 2. The number of unbranched alkanes of at least 4 members (excludes halogenated alkanes) is 6. The summed E-state index contributed by atoms with van der Waals surface area (Å²) in [5.74, 6) is 0.859. The first-order valence-corrected chi connectivity index (χ1v) is 20.5. The minimum atomic E-state index is -6.09. The maximum absolute atomic E-state index is 13.6. The van der Waals surface area contributed by atoms with Gasteiger partial charge in [0.25, 0.3) is 0 Å². The Morgan fingerprint density at radius 3 is 2.23 bits per heavy atom. The molecule has 2 aromatic carbocycles. The van der Waals surface area contributed by atoms with E-state index in [1.54, 1.807) is 7.11 Å². The Kier molecular flexibility index (Phi) is 13.2. The van der Waals surface area contributed by atoms with Gasteiger partial charge in [0.2, 0.25) is 0 Å². The summed E-state index contributed by atoms with van der Waals surface area (Å²) in [7, 11) is -4.39. The number of ether oxygens (including phenoxy) is 1. The van der Waals surface area contributed by atoms with Gasteiger partial charge in [0.05, 0.1) is 0 Å². The fraction of sp³-hybridized carbons (Fsp3) is 0.412. The second kappa shape index (κ2) is 16.6. The molecule has 13 heteroatoms. The van der Waals surface area contributed by atoms with Crippen LogP contribution in [0.4, 0.5) is 18.9 Å². The van der Waals surface area contributed by atoms with E-state index in [-0.39, 0.29) is 35.2 Å². The molecule has 0 saturated heterocycles. The van der Waals surface area contributed by atoms with E-state index in [1.807, 2.05) is 0 Å². The Morgan fingerprint density at radius 2 is 1.57 bits per heavy atom. The standard InChI is InChI=1S/C33H39N2O2Se2.CHF3O3S/c1-4-6-8-14-20-34-26-16-10-12-18-28(26)38-30(34)22-24-32(36)25(33(24)37-3)23-31-35(21-15-9-7-5-2)27-17-11-13-19-29(27)39-31;2-1(3,4)8(5,6)7/h10-13,16-19,22-23H,4-9,14-15,20-21H2,1-3H3;(H,5,6,7)/q+1;/p-1. The van der Waals surface area contributed by atoms with Gasteiger partial charge < -0.3 is 4.55 Å². The summed E-state index contributed by atoms with van der Waals surface area (Å²) in [5.41, 5.74) is -1.58. The number of hydrogen-bond acceptors (Lipinski definition) is 6. The zero-order chi connectivity index (χ0) is 34.2. The van der Waals surface area contributed by atoms with Gasteiger partial charge in [0.15, 0.2) is 10.1 Å². The summed E-state index contributed by atoms with van der Waals surface area (Å²) in [5, 5.41) is 0. The molecule has 5 rings (SSSR count). The zero-order valence-electron chi connectivity index (χ0n) is 26.6.